The normalized spacial score (nSPS) is 41.7. The number of carbonyl (C=O) groups excluding carboxylic acids is 1. The third-order valence-electron chi connectivity index (χ3n) is 14.2. The van der Waals surface area contributed by atoms with E-state index in [0.717, 1.165) is 74.0 Å². The molecule has 1 aliphatic heterocycles. The van der Waals surface area contributed by atoms with Crippen LogP contribution in [0.3, 0.4) is 0 Å². The summed E-state index contributed by atoms with van der Waals surface area (Å²) in [5.41, 5.74) is 1.65. The first-order chi connectivity index (χ1) is 23.3. The van der Waals surface area contributed by atoms with Crippen LogP contribution in [0, 0.1) is 46.3 Å². The summed E-state index contributed by atoms with van der Waals surface area (Å²) in [5, 5.41) is 24.2. The van der Waals surface area contributed by atoms with Crippen LogP contribution < -0.4 is 5.32 Å². The largest absolute Gasteiger partial charge is 0.388 e. The Balaban J connectivity index is 1.19. The molecule has 0 radical (unpaired) electrons. The number of thiol groups is 1. The molecule has 14 atom stereocenters. The van der Waals surface area contributed by atoms with Crippen molar-refractivity contribution in [1.29, 1.82) is 0 Å². The van der Waals surface area contributed by atoms with E-state index in [2.05, 4.69) is 65.6 Å². The van der Waals surface area contributed by atoms with E-state index < -0.39 is 36.1 Å². The van der Waals surface area contributed by atoms with Gasteiger partial charge in [0.2, 0.25) is 5.91 Å². The molecule has 0 aromatic rings. The molecule has 0 aromatic carbocycles. The van der Waals surface area contributed by atoms with Crippen molar-refractivity contribution < 1.29 is 29.2 Å². The molecule has 0 aromatic heterocycles. The molecule has 0 bridgehead atoms. The molecule has 0 spiro atoms. The number of aliphatic hydroxyl groups is 2. The monoisotopic (exact) mass is 706 g/mol. The van der Waals surface area contributed by atoms with Crippen molar-refractivity contribution in [3.05, 3.63) is 11.6 Å². The standard InChI is InChI=1S/C41H71NO6S/c1-8-9-10-14-35(46-24-34-37(44)38(45)36(39(49)48-34)42-27(5)43)47-29-19-21-40(6)28(23-29)15-16-30-32-18-17-31(26(4)13-11-12-25(2)3)41(32,7)22-20-33(30)40/h15,25-26,29-39,44-45,49H,8-14,16-24H2,1-7H3,(H,42,43)/t26-,29?,30+,31-,32+,33+,34-,35?,36-,37+,38-,39+,40+,41-/m1/s1. The van der Waals surface area contributed by atoms with Crippen molar-refractivity contribution in [3.8, 4) is 0 Å². The van der Waals surface area contributed by atoms with Gasteiger partial charge in [-0.05, 0) is 111 Å². The Labute approximate surface area is 303 Å². The van der Waals surface area contributed by atoms with E-state index in [1.165, 1.54) is 64.7 Å². The van der Waals surface area contributed by atoms with Gasteiger partial charge in [-0.1, -0.05) is 85.3 Å². The highest BCUT2D eigenvalue weighted by Gasteiger charge is 2.59. The van der Waals surface area contributed by atoms with Gasteiger partial charge in [0.15, 0.2) is 6.29 Å². The van der Waals surface area contributed by atoms with Crippen LogP contribution in [0.4, 0.5) is 0 Å². The van der Waals surface area contributed by atoms with Crippen molar-refractivity contribution in [3.63, 3.8) is 0 Å². The molecule has 1 amide bonds. The highest BCUT2D eigenvalue weighted by atomic mass is 32.1. The van der Waals surface area contributed by atoms with Gasteiger partial charge in [-0.2, -0.15) is 0 Å². The fourth-order valence-electron chi connectivity index (χ4n) is 11.4. The lowest BCUT2D eigenvalue weighted by atomic mass is 9.47. The molecular formula is C41H71NO6S. The maximum absolute atomic E-state index is 11.6. The van der Waals surface area contributed by atoms with Gasteiger partial charge >= 0.3 is 0 Å². The summed E-state index contributed by atoms with van der Waals surface area (Å²) in [5.74, 6) is 4.70. The number of nitrogens with one attached hydrogen (secondary N) is 1. The Morgan fingerprint density at radius 3 is 2.51 bits per heavy atom. The minimum Gasteiger partial charge on any atom is -0.388 e. The number of hydrogen-bond acceptors (Lipinski definition) is 7. The quantitative estimate of drug-likeness (QED) is 0.0594. The highest BCUT2D eigenvalue weighted by Crippen LogP contribution is 2.67. The number of hydrogen-bond donors (Lipinski definition) is 4. The van der Waals surface area contributed by atoms with Crippen LogP contribution in [0.2, 0.25) is 0 Å². The van der Waals surface area contributed by atoms with Gasteiger partial charge in [-0.25, -0.2) is 0 Å². The number of allylic oxidation sites excluding steroid dienone is 1. The molecule has 5 rings (SSSR count). The van der Waals surface area contributed by atoms with Gasteiger partial charge in [-0.15, -0.1) is 12.6 Å². The predicted octanol–water partition coefficient (Wildman–Crippen LogP) is 8.22. The Morgan fingerprint density at radius 1 is 1.02 bits per heavy atom. The van der Waals surface area contributed by atoms with E-state index in [9.17, 15) is 15.0 Å². The fraction of sp³-hybridized carbons (Fsp3) is 0.927. The van der Waals surface area contributed by atoms with Gasteiger partial charge in [0.25, 0.3) is 0 Å². The van der Waals surface area contributed by atoms with Crippen molar-refractivity contribution in [2.75, 3.05) is 6.61 Å². The molecule has 7 nitrogen and oxygen atoms in total. The third kappa shape index (κ3) is 8.78. The van der Waals surface area contributed by atoms with Crippen LogP contribution >= 0.6 is 12.6 Å². The smallest absolute Gasteiger partial charge is 0.217 e. The van der Waals surface area contributed by atoms with Crippen molar-refractivity contribution in [1.82, 2.24) is 5.32 Å². The first-order valence-electron chi connectivity index (χ1n) is 20.2. The minimum absolute atomic E-state index is 0.0905. The zero-order chi connectivity index (χ0) is 35.5. The maximum atomic E-state index is 11.6. The van der Waals surface area contributed by atoms with Crippen LogP contribution in [0.15, 0.2) is 11.6 Å². The van der Waals surface area contributed by atoms with Crippen LogP contribution in [0.1, 0.15) is 145 Å². The zero-order valence-electron chi connectivity index (χ0n) is 31.9. The van der Waals surface area contributed by atoms with E-state index in [1.54, 1.807) is 5.57 Å². The second-order valence-corrected chi connectivity index (χ2v) is 18.3. The lowest BCUT2D eigenvalue weighted by Crippen LogP contribution is -2.62. The molecule has 8 heteroatoms. The molecule has 1 saturated heterocycles. The molecule has 282 valence electrons. The van der Waals surface area contributed by atoms with Crippen molar-refractivity contribution in [2.24, 2.45) is 46.3 Å². The first kappa shape index (κ1) is 39.6. The van der Waals surface area contributed by atoms with E-state index in [-0.39, 0.29) is 24.0 Å². The zero-order valence-corrected chi connectivity index (χ0v) is 32.8. The number of amides is 1. The van der Waals surface area contributed by atoms with Gasteiger partial charge in [0.1, 0.15) is 23.7 Å². The Kier molecular flexibility index (Phi) is 13.7. The lowest BCUT2D eigenvalue weighted by molar-refractivity contribution is -0.225. The topological polar surface area (TPSA) is 97.3 Å². The van der Waals surface area contributed by atoms with Crippen LogP contribution in [-0.4, -0.2) is 64.9 Å². The molecule has 4 aliphatic carbocycles. The number of ether oxygens (including phenoxy) is 3. The van der Waals surface area contributed by atoms with Gasteiger partial charge in [0, 0.05) is 6.92 Å². The summed E-state index contributed by atoms with van der Waals surface area (Å²) in [6, 6.07) is -0.792. The average Bonchev–Trinajstić information content (AvgIpc) is 3.41. The molecule has 2 unspecified atom stereocenters. The second kappa shape index (κ2) is 17.0. The van der Waals surface area contributed by atoms with E-state index in [4.69, 9.17) is 14.2 Å². The molecule has 3 saturated carbocycles. The van der Waals surface area contributed by atoms with E-state index in [1.807, 2.05) is 0 Å². The summed E-state index contributed by atoms with van der Waals surface area (Å²) in [6.07, 6.45) is 17.4. The Bertz CT molecular complexity index is 1120. The first-order valence-corrected chi connectivity index (χ1v) is 20.7. The maximum Gasteiger partial charge on any atom is 0.217 e. The summed E-state index contributed by atoms with van der Waals surface area (Å²) < 4.78 is 19.0. The minimum atomic E-state index is -1.20. The third-order valence-corrected chi connectivity index (χ3v) is 14.6. The summed E-state index contributed by atoms with van der Waals surface area (Å²) in [7, 11) is 0. The Morgan fingerprint density at radius 2 is 1.80 bits per heavy atom. The second-order valence-electron chi connectivity index (χ2n) is 17.8. The van der Waals surface area contributed by atoms with Gasteiger partial charge in [0.05, 0.1) is 18.8 Å². The molecule has 3 N–H and O–H groups in total. The van der Waals surface area contributed by atoms with E-state index >= 15 is 0 Å². The van der Waals surface area contributed by atoms with Crippen LogP contribution in [0.25, 0.3) is 0 Å². The summed E-state index contributed by atoms with van der Waals surface area (Å²) in [4.78, 5) is 11.6. The summed E-state index contributed by atoms with van der Waals surface area (Å²) in [6.45, 7) is 16.2. The van der Waals surface area contributed by atoms with Crippen LogP contribution in [-0.2, 0) is 19.0 Å². The molecule has 5 aliphatic rings. The lowest BCUT2D eigenvalue weighted by Gasteiger charge is -2.58. The summed E-state index contributed by atoms with van der Waals surface area (Å²) >= 11 is 4.45. The van der Waals surface area contributed by atoms with Gasteiger partial charge < -0.3 is 29.7 Å². The molecule has 4 fully saturated rings. The molecule has 49 heavy (non-hydrogen) atoms. The number of carbonyl (C=O) groups is 1. The fourth-order valence-corrected chi connectivity index (χ4v) is 11.8. The molecule has 1 heterocycles. The highest BCUT2D eigenvalue weighted by molar-refractivity contribution is 7.80. The number of fused-ring (bicyclic) bond motifs is 5. The Hall–Kier alpha value is -0.640. The molecular weight excluding hydrogens is 635 g/mol. The number of unbranched alkanes of at least 4 members (excludes halogenated alkanes) is 2. The van der Waals surface area contributed by atoms with Gasteiger partial charge in [-0.3, -0.25) is 4.79 Å². The average molecular weight is 706 g/mol. The van der Waals surface area contributed by atoms with E-state index in [0.29, 0.717) is 5.41 Å². The van der Waals surface area contributed by atoms with Crippen molar-refractivity contribution >= 4 is 18.5 Å². The number of rotatable bonds is 15. The predicted molar refractivity (Wildman–Crippen MR) is 199 cm³/mol. The number of aliphatic hydroxyl groups excluding tert-OH is 2. The SMILES string of the molecule is CCCCCC(OC[C@H]1O[C@@H](S)[C@H](NC(C)=O)[C@@H](O)[C@H]1O)OC1CC[C@@]2(C)C(=CC[C@H]3[C@@H]4CC[C@H]([C@H](C)CCCC(C)C)[C@@]4(C)CC[C@@H]32)C1. The van der Waals surface area contributed by atoms with Crippen LogP contribution in [0.5, 0.6) is 0 Å². The van der Waals surface area contributed by atoms with Crippen molar-refractivity contribution in [2.45, 2.75) is 187 Å².